The van der Waals surface area contributed by atoms with E-state index in [9.17, 15) is 4.79 Å². The van der Waals surface area contributed by atoms with Crippen LogP contribution in [0.2, 0.25) is 0 Å². The van der Waals surface area contributed by atoms with Gasteiger partial charge in [-0.05, 0) is 36.6 Å². The molecule has 0 atom stereocenters. The third-order valence-corrected chi connectivity index (χ3v) is 3.10. The minimum Gasteiger partial charge on any atom is -0.478 e. The van der Waals surface area contributed by atoms with E-state index < -0.39 is 5.97 Å². The average molecular weight is 416 g/mol. The molecular formula is C13H16CuN6O2S2. The largest absolute Gasteiger partial charge is 0.478 e. The maximum absolute atomic E-state index is 10.9. The Balaban J connectivity index is 0.00000529. The second kappa shape index (κ2) is 11.5. The van der Waals surface area contributed by atoms with Gasteiger partial charge in [-0.15, -0.1) is 0 Å². The molecule has 0 aromatic heterocycles. The molecule has 0 saturated heterocycles. The number of benzene rings is 1. The summed E-state index contributed by atoms with van der Waals surface area (Å²) in [5, 5.41) is 23.1. The van der Waals surface area contributed by atoms with Gasteiger partial charge in [-0.1, -0.05) is 12.1 Å². The first kappa shape index (κ1) is 21.9. The SMILES string of the molecule is CNC(=S)NN=C/C(=N/NC(=S)NC)c1ccc(C(=O)O)cc1.[Cu]. The van der Waals surface area contributed by atoms with Crippen LogP contribution in [0.25, 0.3) is 0 Å². The van der Waals surface area contributed by atoms with Gasteiger partial charge in [0.25, 0.3) is 0 Å². The zero-order valence-electron chi connectivity index (χ0n) is 12.8. The Bertz CT molecular complexity index is 648. The van der Waals surface area contributed by atoms with Crippen molar-refractivity contribution in [3.8, 4) is 0 Å². The van der Waals surface area contributed by atoms with Crippen molar-refractivity contribution in [2.45, 2.75) is 0 Å². The first-order chi connectivity index (χ1) is 11.0. The second-order valence-corrected chi connectivity index (χ2v) is 4.84. The smallest absolute Gasteiger partial charge is 0.335 e. The molecule has 1 aromatic rings. The standard InChI is InChI=1S/C13H16N6O2S2.Cu/c1-14-12(22)18-16-7-10(17-19-13(23)15-2)8-3-5-9(6-4-8)11(20)21;/h3-7H,1-2H3,(H,20,21)(H2,14,18,22)(H2,15,19,23);/b16-7?,17-10-;. The molecule has 1 rings (SSSR count). The number of thiocarbonyl (C=S) groups is 2. The minimum absolute atomic E-state index is 0. The molecule has 0 aliphatic rings. The number of rotatable bonds is 5. The van der Waals surface area contributed by atoms with Gasteiger partial charge < -0.3 is 15.7 Å². The van der Waals surface area contributed by atoms with Crippen LogP contribution in [0.1, 0.15) is 15.9 Å². The van der Waals surface area contributed by atoms with Crippen molar-refractivity contribution in [1.29, 1.82) is 0 Å². The molecule has 0 aliphatic carbocycles. The van der Waals surface area contributed by atoms with E-state index in [1.54, 1.807) is 26.2 Å². The number of carboxylic acid groups (broad SMARTS) is 1. The summed E-state index contributed by atoms with van der Waals surface area (Å²) in [6.07, 6.45) is 1.44. The van der Waals surface area contributed by atoms with Crippen molar-refractivity contribution in [3.05, 3.63) is 35.4 Å². The molecule has 0 bridgehead atoms. The molecular weight excluding hydrogens is 400 g/mol. The number of carbonyl (C=O) groups is 1. The van der Waals surface area contributed by atoms with Crippen LogP contribution in [-0.4, -0.2) is 47.3 Å². The number of hydrogen-bond acceptors (Lipinski definition) is 5. The number of nitrogens with one attached hydrogen (secondary N) is 4. The van der Waals surface area contributed by atoms with Crippen LogP contribution < -0.4 is 21.5 Å². The van der Waals surface area contributed by atoms with Crippen LogP contribution in [0, 0.1) is 0 Å². The fraction of sp³-hybridized carbons (Fsp3) is 0.154. The van der Waals surface area contributed by atoms with Crippen LogP contribution in [0.3, 0.4) is 0 Å². The molecule has 133 valence electrons. The molecule has 5 N–H and O–H groups in total. The minimum atomic E-state index is -1.00. The Labute approximate surface area is 160 Å². The zero-order valence-corrected chi connectivity index (χ0v) is 15.3. The summed E-state index contributed by atoms with van der Waals surface area (Å²) in [5.74, 6) is -1.00. The van der Waals surface area contributed by atoms with Gasteiger partial charge >= 0.3 is 5.97 Å². The molecule has 8 nitrogen and oxygen atoms in total. The van der Waals surface area contributed by atoms with Crippen molar-refractivity contribution in [3.63, 3.8) is 0 Å². The van der Waals surface area contributed by atoms with E-state index in [-0.39, 0.29) is 22.6 Å². The Morgan fingerprint density at radius 3 is 2.04 bits per heavy atom. The second-order valence-electron chi connectivity index (χ2n) is 4.02. The molecule has 1 radical (unpaired) electrons. The van der Waals surface area contributed by atoms with E-state index in [0.29, 0.717) is 21.5 Å². The number of aromatic carboxylic acids is 1. The van der Waals surface area contributed by atoms with E-state index in [1.165, 1.54) is 18.3 Å². The maximum atomic E-state index is 10.9. The molecule has 0 amide bonds. The molecule has 0 fully saturated rings. The van der Waals surface area contributed by atoms with Crippen molar-refractivity contribution in [1.82, 2.24) is 21.5 Å². The van der Waals surface area contributed by atoms with Gasteiger partial charge in [0.1, 0.15) is 5.71 Å². The van der Waals surface area contributed by atoms with Gasteiger partial charge in [0.2, 0.25) is 0 Å². The van der Waals surface area contributed by atoms with Gasteiger partial charge in [-0.25, -0.2) is 4.79 Å². The summed E-state index contributed by atoms with van der Waals surface area (Å²) in [5.41, 5.74) is 6.52. The molecule has 0 heterocycles. The quantitative estimate of drug-likeness (QED) is 0.201. The van der Waals surface area contributed by atoms with Crippen molar-refractivity contribution in [2.75, 3.05) is 14.1 Å². The average Bonchev–Trinajstić information content (AvgIpc) is 2.57. The van der Waals surface area contributed by atoms with Crippen LogP contribution in [0.5, 0.6) is 0 Å². The van der Waals surface area contributed by atoms with Gasteiger partial charge in [0, 0.05) is 36.7 Å². The van der Waals surface area contributed by atoms with Gasteiger partial charge in [-0.2, -0.15) is 10.2 Å². The first-order valence-corrected chi connectivity index (χ1v) is 7.19. The van der Waals surface area contributed by atoms with Crippen LogP contribution in [0.15, 0.2) is 34.5 Å². The predicted octanol–water partition coefficient (Wildman–Crippen LogP) is 0.260. The van der Waals surface area contributed by atoms with Crippen molar-refractivity contribution >= 4 is 52.6 Å². The summed E-state index contributed by atoms with van der Waals surface area (Å²) in [6.45, 7) is 0. The van der Waals surface area contributed by atoms with E-state index in [4.69, 9.17) is 29.5 Å². The summed E-state index contributed by atoms with van der Waals surface area (Å²) in [4.78, 5) is 10.9. The summed E-state index contributed by atoms with van der Waals surface area (Å²) in [7, 11) is 3.32. The molecule has 24 heavy (non-hydrogen) atoms. The number of carboxylic acids is 1. The van der Waals surface area contributed by atoms with Crippen LogP contribution in [-0.2, 0) is 17.1 Å². The third kappa shape index (κ3) is 7.46. The van der Waals surface area contributed by atoms with Gasteiger partial charge in [0.15, 0.2) is 10.2 Å². The van der Waals surface area contributed by atoms with Gasteiger partial charge in [0.05, 0.1) is 11.8 Å². The Kier molecular flexibility index (Phi) is 10.5. The molecule has 0 unspecified atom stereocenters. The van der Waals surface area contributed by atoms with E-state index in [0.717, 1.165) is 0 Å². The van der Waals surface area contributed by atoms with E-state index >= 15 is 0 Å². The van der Waals surface area contributed by atoms with Crippen LogP contribution >= 0.6 is 24.4 Å². The number of hydrazone groups is 2. The van der Waals surface area contributed by atoms with E-state index in [1.807, 2.05) is 0 Å². The predicted molar refractivity (Wildman–Crippen MR) is 98.0 cm³/mol. The Morgan fingerprint density at radius 2 is 1.54 bits per heavy atom. The topological polar surface area (TPSA) is 110 Å². The van der Waals surface area contributed by atoms with Crippen LogP contribution in [0.4, 0.5) is 0 Å². The summed E-state index contributed by atoms with van der Waals surface area (Å²) < 4.78 is 0. The molecule has 0 spiro atoms. The molecule has 11 heteroatoms. The molecule has 1 aromatic carbocycles. The zero-order chi connectivity index (χ0) is 17.2. The normalized spacial score (nSPS) is 10.5. The van der Waals surface area contributed by atoms with Crippen molar-refractivity contribution in [2.24, 2.45) is 10.2 Å². The van der Waals surface area contributed by atoms with Crippen molar-refractivity contribution < 1.29 is 27.0 Å². The fourth-order valence-electron chi connectivity index (χ4n) is 1.33. The van der Waals surface area contributed by atoms with Gasteiger partial charge in [-0.3, -0.25) is 10.9 Å². The molecule has 0 aliphatic heterocycles. The molecule has 0 saturated carbocycles. The Hall–Kier alpha value is -2.07. The Morgan fingerprint density at radius 1 is 1.04 bits per heavy atom. The maximum Gasteiger partial charge on any atom is 0.335 e. The number of nitrogens with zero attached hydrogens (tertiary/aromatic N) is 2. The summed E-state index contributed by atoms with van der Waals surface area (Å²) >= 11 is 9.86. The monoisotopic (exact) mass is 415 g/mol. The first-order valence-electron chi connectivity index (χ1n) is 6.38. The fourth-order valence-corrected chi connectivity index (χ4v) is 1.42. The van der Waals surface area contributed by atoms with E-state index in [2.05, 4.69) is 31.7 Å². The summed E-state index contributed by atoms with van der Waals surface area (Å²) in [6, 6.07) is 6.19. The number of hydrogen-bond donors (Lipinski definition) is 5. The third-order valence-electron chi connectivity index (χ3n) is 2.51.